The first-order valence-electron chi connectivity index (χ1n) is 6.67. The molecular weight excluding hydrogens is 274 g/mol. The first kappa shape index (κ1) is 14.9. The van der Waals surface area contributed by atoms with Gasteiger partial charge >= 0.3 is 0 Å². The van der Waals surface area contributed by atoms with E-state index in [-0.39, 0.29) is 10.9 Å². The van der Waals surface area contributed by atoms with Crippen molar-refractivity contribution in [2.75, 3.05) is 26.8 Å². The molecule has 1 aromatic heterocycles. The standard InChI is InChI=1S/C14H19N3O2S/c1-17(8-10-3-2-6-19-9-10)14(18)12-5-4-11(7-16-12)13(15)20/h4-5,7,10H,2-3,6,8-9H2,1H3,(H2,15,20). The number of amides is 1. The van der Waals surface area contributed by atoms with Gasteiger partial charge in [-0.2, -0.15) is 0 Å². The maximum atomic E-state index is 12.3. The van der Waals surface area contributed by atoms with Crippen molar-refractivity contribution in [3.63, 3.8) is 0 Å². The minimum absolute atomic E-state index is 0.0925. The summed E-state index contributed by atoms with van der Waals surface area (Å²) in [5, 5.41) is 0. The smallest absolute Gasteiger partial charge is 0.272 e. The molecule has 0 aromatic carbocycles. The van der Waals surface area contributed by atoms with Gasteiger partial charge in [0.05, 0.1) is 6.61 Å². The number of ether oxygens (including phenoxy) is 1. The van der Waals surface area contributed by atoms with Gasteiger partial charge in [-0.25, -0.2) is 0 Å². The topological polar surface area (TPSA) is 68.5 Å². The molecule has 1 aromatic rings. The summed E-state index contributed by atoms with van der Waals surface area (Å²) < 4.78 is 5.43. The van der Waals surface area contributed by atoms with Crippen LogP contribution in [0.2, 0.25) is 0 Å². The summed E-state index contributed by atoms with van der Waals surface area (Å²) in [6, 6.07) is 3.38. The van der Waals surface area contributed by atoms with Gasteiger partial charge in [-0.05, 0) is 30.9 Å². The molecule has 0 radical (unpaired) electrons. The molecule has 2 rings (SSSR count). The van der Waals surface area contributed by atoms with E-state index in [1.54, 1.807) is 24.1 Å². The van der Waals surface area contributed by atoms with Crippen LogP contribution >= 0.6 is 12.2 Å². The molecule has 1 amide bonds. The molecule has 0 saturated carbocycles. The molecular formula is C14H19N3O2S. The van der Waals surface area contributed by atoms with Crippen molar-refractivity contribution in [3.05, 3.63) is 29.6 Å². The van der Waals surface area contributed by atoms with Crippen molar-refractivity contribution < 1.29 is 9.53 Å². The van der Waals surface area contributed by atoms with Gasteiger partial charge in [0.1, 0.15) is 10.7 Å². The van der Waals surface area contributed by atoms with Gasteiger partial charge in [-0.3, -0.25) is 9.78 Å². The van der Waals surface area contributed by atoms with Gasteiger partial charge in [-0.1, -0.05) is 12.2 Å². The van der Waals surface area contributed by atoms with Gasteiger partial charge < -0.3 is 15.4 Å². The molecule has 1 atom stereocenters. The van der Waals surface area contributed by atoms with E-state index in [4.69, 9.17) is 22.7 Å². The Morgan fingerprint density at radius 3 is 2.95 bits per heavy atom. The lowest BCUT2D eigenvalue weighted by molar-refractivity contribution is 0.0387. The second kappa shape index (κ2) is 6.76. The lowest BCUT2D eigenvalue weighted by Gasteiger charge is -2.27. The molecule has 6 heteroatoms. The van der Waals surface area contributed by atoms with Crippen LogP contribution in [0.25, 0.3) is 0 Å². The molecule has 2 heterocycles. The monoisotopic (exact) mass is 293 g/mol. The minimum atomic E-state index is -0.0925. The number of nitrogens with zero attached hydrogens (tertiary/aromatic N) is 2. The van der Waals surface area contributed by atoms with Crippen molar-refractivity contribution in [1.82, 2.24) is 9.88 Å². The number of thiocarbonyl (C=S) groups is 1. The van der Waals surface area contributed by atoms with Crippen LogP contribution in [0.15, 0.2) is 18.3 Å². The number of hydrogen-bond donors (Lipinski definition) is 1. The molecule has 1 saturated heterocycles. The second-order valence-electron chi connectivity index (χ2n) is 5.07. The van der Waals surface area contributed by atoms with Crippen LogP contribution in [0, 0.1) is 5.92 Å². The van der Waals surface area contributed by atoms with E-state index in [2.05, 4.69) is 4.98 Å². The van der Waals surface area contributed by atoms with Crippen LogP contribution in [0.4, 0.5) is 0 Å². The Hall–Kier alpha value is -1.53. The van der Waals surface area contributed by atoms with Gasteiger partial charge in [0.2, 0.25) is 0 Å². The fraction of sp³-hybridized carbons (Fsp3) is 0.500. The predicted molar refractivity (Wildman–Crippen MR) is 80.6 cm³/mol. The SMILES string of the molecule is CN(CC1CCCOC1)C(=O)c1ccc(C(N)=S)cn1. The normalized spacial score (nSPS) is 18.6. The number of carbonyl (C=O) groups is 1. The molecule has 0 spiro atoms. The van der Waals surface area contributed by atoms with Crippen LogP contribution in [0.5, 0.6) is 0 Å². The van der Waals surface area contributed by atoms with Crippen molar-refractivity contribution >= 4 is 23.1 Å². The molecule has 1 aliphatic rings. The Labute approximate surface area is 124 Å². The number of nitrogens with two attached hydrogens (primary N) is 1. The molecule has 1 fully saturated rings. The predicted octanol–water partition coefficient (Wildman–Crippen LogP) is 1.21. The second-order valence-corrected chi connectivity index (χ2v) is 5.51. The lowest BCUT2D eigenvalue weighted by atomic mass is 10.0. The van der Waals surface area contributed by atoms with Crippen LogP contribution in [0.1, 0.15) is 28.9 Å². The molecule has 0 aliphatic carbocycles. The fourth-order valence-electron chi connectivity index (χ4n) is 2.28. The first-order valence-corrected chi connectivity index (χ1v) is 7.08. The summed E-state index contributed by atoms with van der Waals surface area (Å²) in [5.41, 5.74) is 6.58. The third-order valence-electron chi connectivity index (χ3n) is 3.40. The molecule has 1 unspecified atom stereocenters. The maximum absolute atomic E-state index is 12.3. The van der Waals surface area contributed by atoms with E-state index in [0.29, 0.717) is 23.7 Å². The number of carbonyl (C=O) groups excluding carboxylic acids is 1. The number of pyridine rings is 1. The Morgan fingerprint density at radius 1 is 1.60 bits per heavy atom. The Morgan fingerprint density at radius 2 is 2.40 bits per heavy atom. The van der Waals surface area contributed by atoms with Crippen molar-refractivity contribution in [3.8, 4) is 0 Å². The number of hydrogen-bond acceptors (Lipinski definition) is 4. The average molecular weight is 293 g/mol. The van der Waals surface area contributed by atoms with Gasteiger partial charge in [0.25, 0.3) is 5.91 Å². The highest BCUT2D eigenvalue weighted by atomic mass is 32.1. The zero-order valence-corrected chi connectivity index (χ0v) is 12.4. The third kappa shape index (κ3) is 3.74. The minimum Gasteiger partial charge on any atom is -0.389 e. The summed E-state index contributed by atoms with van der Waals surface area (Å²) in [5.74, 6) is 0.318. The van der Waals surface area contributed by atoms with Crippen molar-refractivity contribution in [2.24, 2.45) is 11.7 Å². The third-order valence-corrected chi connectivity index (χ3v) is 3.64. The summed E-state index contributed by atoms with van der Waals surface area (Å²) in [7, 11) is 1.79. The highest BCUT2D eigenvalue weighted by molar-refractivity contribution is 7.80. The Bertz CT molecular complexity index is 484. The molecule has 108 valence electrons. The van der Waals surface area contributed by atoms with E-state index >= 15 is 0 Å². The molecule has 2 N–H and O–H groups in total. The number of aromatic nitrogens is 1. The average Bonchev–Trinajstić information content (AvgIpc) is 2.47. The lowest BCUT2D eigenvalue weighted by Crippen LogP contribution is -2.35. The summed E-state index contributed by atoms with van der Waals surface area (Å²) in [6.45, 7) is 2.25. The molecule has 5 nitrogen and oxygen atoms in total. The maximum Gasteiger partial charge on any atom is 0.272 e. The van der Waals surface area contributed by atoms with Gasteiger partial charge in [0, 0.05) is 32.0 Å². The van der Waals surface area contributed by atoms with Gasteiger partial charge in [-0.15, -0.1) is 0 Å². The Balaban J connectivity index is 1.96. The van der Waals surface area contributed by atoms with Crippen LogP contribution in [-0.4, -0.2) is 47.6 Å². The van der Waals surface area contributed by atoms with Crippen LogP contribution < -0.4 is 5.73 Å². The van der Waals surface area contributed by atoms with Crippen LogP contribution in [0.3, 0.4) is 0 Å². The Kier molecular flexibility index (Phi) is 5.03. The summed E-state index contributed by atoms with van der Waals surface area (Å²) in [4.78, 5) is 18.4. The van der Waals surface area contributed by atoms with E-state index < -0.39 is 0 Å². The van der Waals surface area contributed by atoms with Gasteiger partial charge in [0.15, 0.2) is 0 Å². The zero-order chi connectivity index (χ0) is 14.5. The molecule has 1 aliphatic heterocycles. The van der Waals surface area contributed by atoms with Crippen molar-refractivity contribution in [2.45, 2.75) is 12.8 Å². The first-order chi connectivity index (χ1) is 9.58. The zero-order valence-electron chi connectivity index (χ0n) is 11.5. The number of rotatable bonds is 4. The quantitative estimate of drug-likeness (QED) is 0.845. The largest absolute Gasteiger partial charge is 0.389 e. The van der Waals surface area contributed by atoms with E-state index in [1.807, 2.05) is 0 Å². The molecule has 20 heavy (non-hydrogen) atoms. The summed E-state index contributed by atoms with van der Waals surface area (Å²) >= 11 is 4.86. The fourth-order valence-corrected chi connectivity index (χ4v) is 2.40. The van der Waals surface area contributed by atoms with Crippen molar-refractivity contribution in [1.29, 1.82) is 0 Å². The summed E-state index contributed by atoms with van der Waals surface area (Å²) in [6.07, 6.45) is 3.70. The highest BCUT2D eigenvalue weighted by Gasteiger charge is 2.20. The molecule has 0 bridgehead atoms. The van der Waals surface area contributed by atoms with E-state index in [1.165, 1.54) is 6.20 Å². The highest BCUT2D eigenvalue weighted by Crippen LogP contribution is 2.15. The van der Waals surface area contributed by atoms with E-state index in [9.17, 15) is 4.79 Å². The van der Waals surface area contributed by atoms with Crippen LogP contribution in [-0.2, 0) is 4.74 Å². The van der Waals surface area contributed by atoms with E-state index in [0.717, 1.165) is 26.1 Å².